The Morgan fingerprint density at radius 2 is 2.05 bits per heavy atom. The number of nitrogens with zero attached hydrogens (tertiary/aromatic N) is 1. The highest BCUT2D eigenvalue weighted by Gasteiger charge is 2.20. The summed E-state index contributed by atoms with van der Waals surface area (Å²) >= 11 is 0. The van der Waals surface area contributed by atoms with Gasteiger partial charge in [-0.15, -0.1) is 0 Å². The van der Waals surface area contributed by atoms with Gasteiger partial charge in [-0.25, -0.2) is 0 Å². The molecule has 0 fully saturated rings. The maximum absolute atomic E-state index is 12.2. The van der Waals surface area contributed by atoms with Crippen LogP contribution in [0.1, 0.15) is 19.4 Å². The van der Waals surface area contributed by atoms with Crippen molar-refractivity contribution in [2.75, 3.05) is 31.2 Å². The van der Waals surface area contributed by atoms with Gasteiger partial charge in [-0.3, -0.25) is 14.5 Å². The third-order valence-corrected chi connectivity index (χ3v) is 3.44. The minimum Gasteiger partial charge on any atom is -0.398 e. The average Bonchev–Trinajstić information content (AvgIpc) is 2.43. The Bertz CT molecular complexity index is 516. The molecule has 6 nitrogen and oxygen atoms in total. The molecular formula is C15H24N4O2. The van der Waals surface area contributed by atoms with E-state index in [2.05, 4.69) is 10.6 Å². The molecular weight excluding hydrogens is 268 g/mol. The Balaban J connectivity index is 2.66. The highest BCUT2D eigenvalue weighted by atomic mass is 16.2. The van der Waals surface area contributed by atoms with Crippen LogP contribution >= 0.6 is 0 Å². The monoisotopic (exact) mass is 292 g/mol. The molecule has 1 atom stereocenters. The summed E-state index contributed by atoms with van der Waals surface area (Å²) in [5.41, 5.74) is 7.98. The summed E-state index contributed by atoms with van der Waals surface area (Å²) in [5.74, 6) is -0.268. The van der Waals surface area contributed by atoms with Gasteiger partial charge in [0.1, 0.15) is 0 Å². The van der Waals surface area contributed by atoms with E-state index in [0.29, 0.717) is 17.9 Å². The third kappa shape index (κ3) is 4.75. The minimum atomic E-state index is -0.423. The summed E-state index contributed by atoms with van der Waals surface area (Å²) in [6, 6.07) is 4.96. The number of amides is 2. The molecule has 0 spiro atoms. The summed E-state index contributed by atoms with van der Waals surface area (Å²) in [5, 5.41) is 5.55. The zero-order chi connectivity index (χ0) is 16.0. The Morgan fingerprint density at radius 3 is 2.67 bits per heavy atom. The van der Waals surface area contributed by atoms with Crippen LogP contribution in [-0.2, 0) is 9.59 Å². The van der Waals surface area contributed by atoms with Crippen LogP contribution in [0.25, 0.3) is 0 Å². The van der Waals surface area contributed by atoms with Gasteiger partial charge < -0.3 is 16.4 Å². The first-order valence-corrected chi connectivity index (χ1v) is 6.99. The van der Waals surface area contributed by atoms with Gasteiger partial charge in [-0.2, -0.15) is 0 Å². The van der Waals surface area contributed by atoms with Crippen LogP contribution in [0.2, 0.25) is 0 Å². The van der Waals surface area contributed by atoms with Crippen LogP contribution in [0.3, 0.4) is 0 Å². The number of benzene rings is 1. The van der Waals surface area contributed by atoms with E-state index in [1.165, 1.54) is 0 Å². The summed E-state index contributed by atoms with van der Waals surface area (Å²) in [7, 11) is 1.74. The molecule has 2 amide bonds. The molecule has 0 heterocycles. The number of nitrogens with two attached hydrogens (primary N) is 1. The van der Waals surface area contributed by atoms with Crippen molar-refractivity contribution in [2.45, 2.75) is 26.8 Å². The number of hydrogen-bond donors (Lipinski definition) is 3. The molecule has 0 aliphatic rings. The molecule has 0 saturated carbocycles. The molecule has 4 N–H and O–H groups in total. The SMILES string of the molecule is CCNC(=O)CN(C)C(C)C(=O)Nc1cccc(N)c1C. The van der Waals surface area contributed by atoms with E-state index in [9.17, 15) is 9.59 Å². The van der Waals surface area contributed by atoms with E-state index < -0.39 is 6.04 Å². The van der Waals surface area contributed by atoms with Crippen molar-refractivity contribution in [1.29, 1.82) is 0 Å². The molecule has 21 heavy (non-hydrogen) atoms. The normalized spacial score (nSPS) is 12.0. The molecule has 1 aromatic carbocycles. The third-order valence-electron chi connectivity index (χ3n) is 3.44. The Kier molecular flexibility index (Phi) is 6.17. The lowest BCUT2D eigenvalue weighted by atomic mass is 10.1. The molecule has 0 aromatic heterocycles. The van der Waals surface area contributed by atoms with Gasteiger partial charge in [0, 0.05) is 17.9 Å². The summed E-state index contributed by atoms with van der Waals surface area (Å²) in [6.45, 7) is 6.23. The van der Waals surface area contributed by atoms with Crippen LogP contribution in [-0.4, -0.2) is 42.9 Å². The molecule has 1 aromatic rings. The van der Waals surface area contributed by atoms with E-state index in [0.717, 1.165) is 5.56 Å². The van der Waals surface area contributed by atoms with E-state index >= 15 is 0 Å². The summed E-state index contributed by atoms with van der Waals surface area (Å²) < 4.78 is 0. The van der Waals surface area contributed by atoms with E-state index in [1.807, 2.05) is 13.8 Å². The average molecular weight is 292 g/mol. The van der Waals surface area contributed by atoms with Crippen LogP contribution in [0.15, 0.2) is 18.2 Å². The first-order chi connectivity index (χ1) is 9.86. The fraction of sp³-hybridized carbons (Fsp3) is 0.467. The maximum atomic E-state index is 12.2. The van der Waals surface area contributed by atoms with Crippen molar-refractivity contribution in [1.82, 2.24) is 10.2 Å². The van der Waals surface area contributed by atoms with Crippen LogP contribution in [0.4, 0.5) is 11.4 Å². The second-order valence-corrected chi connectivity index (χ2v) is 5.05. The first-order valence-electron chi connectivity index (χ1n) is 6.99. The Labute approximate surface area is 125 Å². The number of likely N-dealkylation sites (N-methyl/N-ethyl adjacent to an activating group) is 2. The molecule has 0 aliphatic carbocycles. The summed E-state index contributed by atoms with van der Waals surface area (Å²) in [6.07, 6.45) is 0. The van der Waals surface area contributed by atoms with Crippen molar-refractivity contribution in [3.63, 3.8) is 0 Å². The van der Waals surface area contributed by atoms with Gasteiger partial charge in [-0.1, -0.05) is 6.07 Å². The number of rotatable bonds is 6. The highest BCUT2D eigenvalue weighted by molar-refractivity contribution is 5.96. The second-order valence-electron chi connectivity index (χ2n) is 5.05. The number of hydrogen-bond acceptors (Lipinski definition) is 4. The number of carbonyl (C=O) groups is 2. The zero-order valence-corrected chi connectivity index (χ0v) is 13.1. The molecule has 1 rings (SSSR count). The Hall–Kier alpha value is -2.08. The van der Waals surface area contributed by atoms with Gasteiger partial charge in [0.25, 0.3) is 0 Å². The molecule has 6 heteroatoms. The van der Waals surface area contributed by atoms with Crippen molar-refractivity contribution in [2.24, 2.45) is 0 Å². The van der Waals surface area contributed by atoms with Gasteiger partial charge in [0.15, 0.2) is 0 Å². The molecule has 1 unspecified atom stereocenters. The van der Waals surface area contributed by atoms with Crippen LogP contribution < -0.4 is 16.4 Å². The zero-order valence-electron chi connectivity index (χ0n) is 13.1. The molecule has 0 aliphatic heterocycles. The minimum absolute atomic E-state index is 0.0974. The van der Waals surface area contributed by atoms with Crippen molar-refractivity contribution < 1.29 is 9.59 Å². The molecule has 116 valence electrons. The van der Waals surface area contributed by atoms with Gasteiger partial charge in [0.2, 0.25) is 11.8 Å². The van der Waals surface area contributed by atoms with Crippen LogP contribution in [0.5, 0.6) is 0 Å². The second kappa shape index (κ2) is 7.64. The number of anilines is 2. The largest absolute Gasteiger partial charge is 0.398 e. The number of carbonyl (C=O) groups excluding carboxylic acids is 2. The highest BCUT2D eigenvalue weighted by Crippen LogP contribution is 2.20. The van der Waals surface area contributed by atoms with Crippen molar-refractivity contribution in [3.8, 4) is 0 Å². The molecule has 0 bridgehead atoms. The number of nitrogen functional groups attached to an aromatic ring is 1. The first kappa shape index (κ1) is 17.0. The van der Waals surface area contributed by atoms with Crippen molar-refractivity contribution >= 4 is 23.2 Å². The van der Waals surface area contributed by atoms with Gasteiger partial charge in [-0.05, 0) is 45.5 Å². The lowest BCUT2D eigenvalue weighted by Gasteiger charge is -2.23. The fourth-order valence-corrected chi connectivity index (χ4v) is 1.84. The lowest BCUT2D eigenvalue weighted by Crippen LogP contribution is -2.44. The van der Waals surface area contributed by atoms with Gasteiger partial charge in [0.05, 0.1) is 12.6 Å². The van der Waals surface area contributed by atoms with Crippen molar-refractivity contribution in [3.05, 3.63) is 23.8 Å². The van der Waals surface area contributed by atoms with E-state index in [-0.39, 0.29) is 18.4 Å². The topological polar surface area (TPSA) is 87.5 Å². The smallest absolute Gasteiger partial charge is 0.241 e. The number of nitrogens with one attached hydrogen (secondary N) is 2. The standard InChI is InChI=1S/C15H24N4O2/c1-5-17-14(20)9-19(4)11(3)15(21)18-13-8-6-7-12(16)10(13)2/h6-8,11H,5,9,16H2,1-4H3,(H,17,20)(H,18,21). The van der Waals surface area contributed by atoms with Gasteiger partial charge >= 0.3 is 0 Å². The molecule has 0 saturated heterocycles. The maximum Gasteiger partial charge on any atom is 0.241 e. The molecule has 0 radical (unpaired) electrons. The lowest BCUT2D eigenvalue weighted by molar-refractivity contribution is -0.124. The van der Waals surface area contributed by atoms with Crippen LogP contribution in [0, 0.1) is 6.92 Å². The fourth-order valence-electron chi connectivity index (χ4n) is 1.84. The Morgan fingerprint density at radius 1 is 1.38 bits per heavy atom. The predicted molar refractivity (Wildman–Crippen MR) is 85.0 cm³/mol. The summed E-state index contributed by atoms with van der Waals surface area (Å²) in [4.78, 5) is 25.5. The van der Waals surface area contributed by atoms with E-state index in [1.54, 1.807) is 37.1 Å². The predicted octanol–water partition coefficient (Wildman–Crippen LogP) is 0.972. The quantitative estimate of drug-likeness (QED) is 0.682. The van der Waals surface area contributed by atoms with E-state index in [4.69, 9.17) is 5.73 Å².